The molecular weight excluding hydrogens is 304 g/mol. The maximum atomic E-state index is 12.2. The van der Waals surface area contributed by atoms with Gasteiger partial charge in [-0.3, -0.25) is 4.79 Å². The van der Waals surface area contributed by atoms with Crippen LogP contribution < -0.4 is 5.32 Å². The summed E-state index contributed by atoms with van der Waals surface area (Å²) in [6.07, 6.45) is 2.93. The lowest BCUT2D eigenvalue weighted by Crippen LogP contribution is -2.41. The third kappa shape index (κ3) is 3.53. The van der Waals surface area contributed by atoms with E-state index < -0.39 is 9.05 Å². The highest BCUT2D eigenvalue weighted by Crippen LogP contribution is 2.19. The van der Waals surface area contributed by atoms with Gasteiger partial charge in [-0.25, -0.2) is 8.42 Å². The van der Waals surface area contributed by atoms with Crippen LogP contribution in [0.1, 0.15) is 30.3 Å². The van der Waals surface area contributed by atoms with E-state index in [0.717, 1.165) is 12.8 Å². The van der Waals surface area contributed by atoms with Gasteiger partial charge in [0.25, 0.3) is 15.0 Å². The Morgan fingerprint density at radius 3 is 2.80 bits per heavy atom. The number of ether oxygens (including phenoxy) is 1. The Hall–Kier alpha value is -1.05. The molecule has 1 aliphatic heterocycles. The Kier molecular flexibility index (Phi) is 4.41. The third-order valence-electron chi connectivity index (χ3n) is 3.31. The summed E-state index contributed by atoms with van der Waals surface area (Å²) < 4.78 is 29.4. The number of hydrogen-bond acceptors (Lipinski definition) is 4. The zero-order valence-electron chi connectivity index (χ0n) is 11.3. The molecule has 8 heteroatoms. The van der Waals surface area contributed by atoms with Crippen molar-refractivity contribution < 1.29 is 17.9 Å². The molecule has 20 heavy (non-hydrogen) atoms. The van der Waals surface area contributed by atoms with E-state index in [1.165, 1.54) is 16.8 Å². The van der Waals surface area contributed by atoms with Crippen molar-refractivity contribution >= 4 is 25.6 Å². The molecule has 1 amide bonds. The van der Waals surface area contributed by atoms with Crippen molar-refractivity contribution in [3.05, 3.63) is 18.0 Å². The highest BCUT2D eigenvalue weighted by atomic mass is 35.7. The summed E-state index contributed by atoms with van der Waals surface area (Å²) in [4.78, 5) is 12.1. The summed E-state index contributed by atoms with van der Waals surface area (Å²) >= 11 is 0. The molecule has 112 valence electrons. The van der Waals surface area contributed by atoms with Crippen LogP contribution in [0, 0.1) is 0 Å². The lowest BCUT2D eigenvalue weighted by Gasteiger charge is -2.27. The lowest BCUT2D eigenvalue weighted by atomic mass is 10.0. The van der Waals surface area contributed by atoms with Crippen molar-refractivity contribution in [2.24, 2.45) is 7.05 Å². The van der Waals surface area contributed by atoms with E-state index in [4.69, 9.17) is 15.4 Å². The zero-order valence-corrected chi connectivity index (χ0v) is 12.9. The molecule has 1 N–H and O–H groups in total. The molecule has 2 unspecified atom stereocenters. The Bertz CT molecular complexity index is 611. The van der Waals surface area contributed by atoms with Gasteiger partial charge in [0.15, 0.2) is 0 Å². The number of aromatic nitrogens is 1. The molecule has 2 heterocycles. The number of nitrogens with zero attached hydrogens (tertiary/aromatic N) is 1. The molecule has 2 rings (SSSR count). The second kappa shape index (κ2) is 5.75. The second-order valence-electron chi connectivity index (χ2n) is 4.99. The van der Waals surface area contributed by atoms with Crippen LogP contribution in [0.5, 0.6) is 0 Å². The number of amides is 1. The first-order chi connectivity index (χ1) is 9.27. The van der Waals surface area contributed by atoms with Crippen molar-refractivity contribution in [3.63, 3.8) is 0 Å². The van der Waals surface area contributed by atoms with Crippen LogP contribution in [0.15, 0.2) is 17.2 Å². The van der Waals surface area contributed by atoms with Crippen LogP contribution in [0.25, 0.3) is 0 Å². The average Bonchev–Trinajstić information content (AvgIpc) is 2.71. The standard InChI is InChI=1S/C12H17ClN2O4S/c1-8-5-9(3-4-19-8)14-12(16)11-6-10(7-15(11)2)20(13,17)18/h6-9H,3-5H2,1-2H3,(H,14,16). The number of carbonyl (C=O) groups excluding carboxylic acids is 1. The number of rotatable bonds is 3. The van der Waals surface area contributed by atoms with Gasteiger partial charge < -0.3 is 14.6 Å². The van der Waals surface area contributed by atoms with Crippen LogP contribution in [0.3, 0.4) is 0 Å². The maximum Gasteiger partial charge on any atom is 0.268 e. The zero-order chi connectivity index (χ0) is 14.9. The molecule has 0 saturated carbocycles. The van der Waals surface area contributed by atoms with E-state index in [0.29, 0.717) is 6.61 Å². The van der Waals surface area contributed by atoms with Gasteiger partial charge in [0.2, 0.25) is 0 Å². The molecule has 2 atom stereocenters. The minimum Gasteiger partial charge on any atom is -0.378 e. The van der Waals surface area contributed by atoms with E-state index in [-0.39, 0.29) is 28.6 Å². The Labute approximate surface area is 122 Å². The third-order valence-corrected chi connectivity index (χ3v) is 4.64. The molecule has 1 fully saturated rings. The van der Waals surface area contributed by atoms with Gasteiger partial charge >= 0.3 is 0 Å². The lowest BCUT2D eigenvalue weighted by molar-refractivity contribution is 0.0136. The number of halogens is 1. The first-order valence-corrected chi connectivity index (χ1v) is 8.62. The van der Waals surface area contributed by atoms with Crippen LogP contribution in [-0.4, -0.2) is 37.6 Å². The molecule has 6 nitrogen and oxygen atoms in total. The molecule has 0 aromatic carbocycles. The molecule has 1 aromatic rings. The molecule has 0 radical (unpaired) electrons. The summed E-state index contributed by atoms with van der Waals surface area (Å²) in [6, 6.07) is 1.32. The molecular formula is C12H17ClN2O4S. The first-order valence-electron chi connectivity index (χ1n) is 6.31. The van der Waals surface area contributed by atoms with Crippen molar-refractivity contribution in [1.82, 2.24) is 9.88 Å². The minimum atomic E-state index is -3.83. The summed E-state index contributed by atoms with van der Waals surface area (Å²) in [5.74, 6) is -0.307. The summed E-state index contributed by atoms with van der Waals surface area (Å²) in [6.45, 7) is 2.57. The molecule has 1 aromatic heterocycles. The molecule has 1 aliphatic rings. The van der Waals surface area contributed by atoms with Crippen LogP contribution in [0.2, 0.25) is 0 Å². The van der Waals surface area contributed by atoms with Crippen molar-refractivity contribution in [3.8, 4) is 0 Å². The molecule has 1 saturated heterocycles. The van der Waals surface area contributed by atoms with Gasteiger partial charge in [-0.05, 0) is 25.8 Å². The van der Waals surface area contributed by atoms with Gasteiger partial charge in [-0.2, -0.15) is 0 Å². The van der Waals surface area contributed by atoms with Gasteiger partial charge in [-0.15, -0.1) is 0 Å². The van der Waals surface area contributed by atoms with E-state index in [2.05, 4.69) is 5.32 Å². The smallest absolute Gasteiger partial charge is 0.268 e. The Balaban J connectivity index is 2.11. The van der Waals surface area contributed by atoms with Crippen molar-refractivity contribution in [2.45, 2.75) is 36.8 Å². The number of nitrogens with one attached hydrogen (secondary N) is 1. The topological polar surface area (TPSA) is 77.4 Å². The Morgan fingerprint density at radius 2 is 2.25 bits per heavy atom. The average molecular weight is 321 g/mol. The summed E-state index contributed by atoms with van der Waals surface area (Å²) in [7, 11) is 3.05. The molecule has 0 bridgehead atoms. The molecule has 0 spiro atoms. The van der Waals surface area contributed by atoms with Crippen molar-refractivity contribution in [2.75, 3.05) is 6.61 Å². The fraction of sp³-hybridized carbons (Fsp3) is 0.583. The van der Waals surface area contributed by atoms with Gasteiger partial charge in [0.1, 0.15) is 10.6 Å². The number of carbonyl (C=O) groups is 1. The fourth-order valence-corrected chi connectivity index (χ4v) is 3.07. The van der Waals surface area contributed by atoms with Crippen LogP contribution in [0.4, 0.5) is 0 Å². The highest BCUT2D eigenvalue weighted by Gasteiger charge is 2.24. The van der Waals surface area contributed by atoms with E-state index in [1.807, 2.05) is 6.92 Å². The predicted molar refractivity (Wildman–Crippen MR) is 74.4 cm³/mol. The van der Waals surface area contributed by atoms with Crippen LogP contribution in [-0.2, 0) is 20.8 Å². The van der Waals surface area contributed by atoms with E-state index >= 15 is 0 Å². The Morgan fingerprint density at radius 1 is 1.55 bits per heavy atom. The predicted octanol–water partition coefficient (Wildman–Crippen LogP) is 1.25. The van der Waals surface area contributed by atoms with E-state index in [1.54, 1.807) is 7.05 Å². The fourth-order valence-electron chi connectivity index (χ4n) is 2.28. The van der Waals surface area contributed by atoms with E-state index in [9.17, 15) is 13.2 Å². The second-order valence-corrected chi connectivity index (χ2v) is 7.55. The molecule has 0 aliphatic carbocycles. The van der Waals surface area contributed by atoms with Gasteiger partial charge in [0.05, 0.1) is 6.10 Å². The SMILES string of the molecule is CC1CC(NC(=O)c2cc(S(=O)(=O)Cl)cn2C)CCO1. The highest BCUT2D eigenvalue weighted by molar-refractivity contribution is 8.13. The number of hydrogen-bond donors (Lipinski definition) is 1. The normalized spacial score (nSPS) is 23.6. The number of aryl methyl sites for hydroxylation is 1. The quantitative estimate of drug-likeness (QED) is 0.850. The summed E-state index contributed by atoms with van der Waals surface area (Å²) in [5, 5.41) is 2.89. The van der Waals surface area contributed by atoms with Gasteiger partial charge in [-0.1, -0.05) is 0 Å². The monoisotopic (exact) mass is 320 g/mol. The minimum absolute atomic E-state index is 0.0391. The first kappa shape index (κ1) is 15.3. The maximum absolute atomic E-state index is 12.2. The largest absolute Gasteiger partial charge is 0.378 e. The van der Waals surface area contributed by atoms with Crippen LogP contribution >= 0.6 is 10.7 Å². The summed E-state index contributed by atoms with van der Waals surface area (Å²) in [5.41, 5.74) is 0.267. The van der Waals surface area contributed by atoms with Gasteiger partial charge in [0, 0.05) is 36.6 Å². The van der Waals surface area contributed by atoms with Crippen molar-refractivity contribution in [1.29, 1.82) is 0 Å².